The molecule has 0 radical (unpaired) electrons. The maximum atomic E-state index is 5.46. The number of rotatable bonds is 10. The Morgan fingerprint density at radius 1 is 0.500 bits per heavy atom. The summed E-state index contributed by atoms with van der Waals surface area (Å²) in [5.41, 5.74) is 0. The van der Waals surface area contributed by atoms with E-state index in [2.05, 4.69) is 55.4 Å². The van der Waals surface area contributed by atoms with Gasteiger partial charge in [-0.05, 0) is 36.5 Å². The van der Waals surface area contributed by atoms with Gasteiger partial charge in [-0.15, -0.1) is 0 Å². The largest absolute Gasteiger partial charge is 0.381 e. The molecule has 0 aliphatic heterocycles. The molecule has 0 heterocycles. The Balaban J connectivity index is 0. The van der Waals surface area contributed by atoms with Crippen LogP contribution in [0.2, 0.25) is 0 Å². The lowest BCUT2D eigenvalue weighted by atomic mass is 10.1. The van der Waals surface area contributed by atoms with Crippen LogP contribution in [0.1, 0.15) is 68.2 Å². The topological polar surface area (TPSA) is 18.5 Å². The van der Waals surface area contributed by atoms with Gasteiger partial charge < -0.3 is 9.47 Å². The number of hydrogen-bond acceptors (Lipinski definition) is 2. The fourth-order valence-electron chi connectivity index (χ4n) is 1.28. The van der Waals surface area contributed by atoms with Crippen molar-refractivity contribution in [2.45, 2.75) is 68.2 Å². The predicted molar refractivity (Wildman–Crippen MR) is 90.2 cm³/mol. The van der Waals surface area contributed by atoms with Gasteiger partial charge in [0.1, 0.15) is 0 Å². The third-order valence-electron chi connectivity index (χ3n) is 2.58. The third-order valence-corrected chi connectivity index (χ3v) is 2.58. The molecule has 0 fully saturated rings. The van der Waals surface area contributed by atoms with Gasteiger partial charge in [0.05, 0.1) is 0 Å². The van der Waals surface area contributed by atoms with Gasteiger partial charge in [0, 0.05) is 26.4 Å². The van der Waals surface area contributed by atoms with Crippen molar-refractivity contribution in [1.82, 2.24) is 0 Å². The molecular formula is C18H40O2. The first-order valence-electron chi connectivity index (χ1n) is 8.41. The van der Waals surface area contributed by atoms with Gasteiger partial charge in [-0.3, -0.25) is 0 Å². The Labute approximate surface area is 128 Å². The summed E-state index contributed by atoms with van der Waals surface area (Å²) >= 11 is 0. The van der Waals surface area contributed by atoms with Crippen LogP contribution in [0, 0.1) is 23.7 Å². The third kappa shape index (κ3) is 26.5. The molecule has 0 bridgehead atoms. The van der Waals surface area contributed by atoms with E-state index in [1.54, 1.807) is 0 Å². The quantitative estimate of drug-likeness (QED) is 0.500. The lowest BCUT2D eigenvalue weighted by molar-refractivity contribution is 0.0886. The molecule has 124 valence electrons. The molecule has 0 aliphatic rings. The average molecular weight is 289 g/mol. The van der Waals surface area contributed by atoms with Crippen molar-refractivity contribution in [3.8, 4) is 0 Å². The van der Waals surface area contributed by atoms with Crippen LogP contribution in [0.25, 0.3) is 0 Å². The monoisotopic (exact) mass is 288 g/mol. The molecule has 0 saturated carbocycles. The molecule has 0 N–H and O–H groups in total. The molecule has 0 aliphatic carbocycles. The minimum atomic E-state index is 0.670. The Bertz CT molecular complexity index is 156. The van der Waals surface area contributed by atoms with E-state index in [4.69, 9.17) is 9.47 Å². The molecule has 2 nitrogen and oxygen atoms in total. The van der Waals surface area contributed by atoms with Crippen LogP contribution >= 0.6 is 0 Å². The first kappa shape index (κ1) is 22.2. The molecule has 20 heavy (non-hydrogen) atoms. The van der Waals surface area contributed by atoms with E-state index in [1.807, 2.05) is 0 Å². The van der Waals surface area contributed by atoms with E-state index < -0.39 is 0 Å². The summed E-state index contributed by atoms with van der Waals surface area (Å²) in [7, 11) is 0. The van der Waals surface area contributed by atoms with Crippen LogP contribution in [0.15, 0.2) is 0 Å². The Kier molecular flexibility index (Phi) is 17.0. The van der Waals surface area contributed by atoms with Crippen molar-refractivity contribution < 1.29 is 9.47 Å². The van der Waals surface area contributed by atoms with Gasteiger partial charge in [-0.2, -0.15) is 0 Å². The lowest BCUT2D eigenvalue weighted by Gasteiger charge is -2.07. The summed E-state index contributed by atoms with van der Waals surface area (Å²) in [6.45, 7) is 21.3. The summed E-state index contributed by atoms with van der Waals surface area (Å²) in [6.07, 6.45) is 2.39. The smallest absolute Gasteiger partial charge is 0.0489 e. The van der Waals surface area contributed by atoms with Crippen LogP contribution in [0.5, 0.6) is 0 Å². The average Bonchev–Trinajstić information content (AvgIpc) is 2.27. The standard InChI is InChI=1S/C10H22O.C8H18O/c1-9(2)5-7-11-8-6-10(3)4;1-7(2)5-9-6-8(3)4/h9-10H,5-8H2,1-4H3;7-8H,5-6H2,1-4H3. The fourth-order valence-corrected chi connectivity index (χ4v) is 1.28. The highest BCUT2D eigenvalue weighted by molar-refractivity contribution is 4.45. The second-order valence-electron chi connectivity index (χ2n) is 7.30. The summed E-state index contributed by atoms with van der Waals surface area (Å²) in [5.74, 6) is 2.88. The summed E-state index contributed by atoms with van der Waals surface area (Å²) in [5, 5.41) is 0. The number of ether oxygens (including phenoxy) is 2. The second-order valence-corrected chi connectivity index (χ2v) is 7.30. The molecule has 0 aromatic heterocycles. The van der Waals surface area contributed by atoms with E-state index in [0.717, 1.165) is 38.3 Å². The van der Waals surface area contributed by atoms with Crippen molar-refractivity contribution in [2.75, 3.05) is 26.4 Å². The SMILES string of the molecule is CC(C)CCOCCC(C)C.CC(C)COCC(C)C. The summed E-state index contributed by atoms with van der Waals surface area (Å²) in [4.78, 5) is 0. The van der Waals surface area contributed by atoms with Crippen molar-refractivity contribution in [3.63, 3.8) is 0 Å². The van der Waals surface area contributed by atoms with E-state index in [-0.39, 0.29) is 0 Å². The van der Waals surface area contributed by atoms with Crippen molar-refractivity contribution in [1.29, 1.82) is 0 Å². The summed E-state index contributed by atoms with van der Waals surface area (Å²) < 4.78 is 10.8. The van der Waals surface area contributed by atoms with Crippen molar-refractivity contribution >= 4 is 0 Å². The number of hydrogen-bond donors (Lipinski definition) is 0. The fraction of sp³-hybridized carbons (Fsp3) is 1.00. The highest BCUT2D eigenvalue weighted by atomic mass is 16.5. The molecule has 0 amide bonds. The zero-order valence-electron chi connectivity index (χ0n) is 15.4. The van der Waals surface area contributed by atoms with E-state index in [0.29, 0.717) is 11.8 Å². The van der Waals surface area contributed by atoms with Gasteiger partial charge in [-0.25, -0.2) is 0 Å². The first-order valence-corrected chi connectivity index (χ1v) is 8.41. The normalized spacial score (nSPS) is 11.4. The molecular weight excluding hydrogens is 248 g/mol. The highest BCUT2D eigenvalue weighted by Gasteiger charge is 1.96. The maximum Gasteiger partial charge on any atom is 0.0489 e. The minimum Gasteiger partial charge on any atom is -0.381 e. The van der Waals surface area contributed by atoms with Crippen molar-refractivity contribution in [3.05, 3.63) is 0 Å². The second kappa shape index (κ2) is 15.3. The molecule has 2 heteroatoms. The minimum absolute atomic E-state index is 0.670. The van der Waals surface area contributed by atoms with Crippen LogP contribution < -0.4 is 0 Å². The van der Waals surface area contributed by atoms with Crippen LogP contribution in [0.3, 0.4) is 0 Å². The van der Waals surface area contributed by atoms with Gasteiger partial charge in [-0.1, -0.05) is 55.4 Å². The Hall–Kier alpha value is -0.0800. The molecule has 0 aromatic rings. The van der Waals surface area contributed by atoms with E-state index in [9.17, 15) is 0 Å². The van der Waals surface area contributed by atoms with E-state index >= 15 is 0 Å². The van der Waals surface area contributed by atoms with Gasteiger partial charge >= 0.3 is 0 Å². The first-order chi connectivity index (χ1) is 9.25. The van der Waals surface area contributed by atoms with Gasteiger partial charge in [0.15, 0.2) is 0 Å². The maximum absolute atomic E-state index is 5.46. The van der Waals surface area contributed by atoms with Crippen LogP contribution in [0.4, 0.5) is 0 Å². The Morgan fingerprint density at radius 3 is 1.10 bits per heavy atom. The molecule has 0 unspecified atom stereocenters. The predicted octanol–water partition coefficient (Wildman–Crippen LogP) is 5.41. The molecule has 0 atom stereocenters. The van der Waals surface area contributed by atoms with Gasteiger partial charge in [0.2, 0.25) is 0 Å². The molecule has 0 rings (SSSR count). The Morgan fingerprint density at radius 2 is 0.850 bits per heavy atom. The molecule has 0 spiro atoms. The highest BCUT2D eigenvalue weighted by Crippen LogP contribution is 2.02. The molecule has 0 aromatic carbocycles. The lowest BCUT2D eigenvalue weighted by Crippen LogP contribution is -2.06. The van der Waals surface area contributed by atoms with Crippen LogP contribution in [-0.2, 0) is 9.47 Å². The van der Waals surface area contributed by atoms with Gasteiger partial charge in [0.25, 0.3) is 0 Å². The zero-order chi connectivity index (χ0) is 16.0. The van der Waals surface area contributed by atoms with Crippen LogP contribution in [-0.4, -0.2) is 26.4 Å². The summed E-state index contributed by atoms with van der Waals surface area (Å²) in [6, 6.07) is 0. The molecule has 0 saturated heterocycles. The van der Waals surface area contributed by atoms with Crippen molar-refractivity contribution in [2.24, 2.45) is 23.7 Å². The van der Waals surface area contributed by atoms with E-state index in [1.165, 1.54) is 12.8 Å². The zero-order valence-corrected chi connectivity index (χ0v) is 15.4.